The van der Waals surface area contributed by atoms with Crippen LogP contribution in [0.15, 0.2) is 426 Å². The average Bonchev–Trinajstić information content (AvgIpc) is 1.56. The normalized spacial score (nSPS) is 17.2. The van der Waals surface area contributed by atoms with E-state index in [1.54, 1.807) is 0 Å². The number of furan rings is 1. The number of fused-ring (bicyclic) bond motifs is 21. The fourth-order valence-corrected chi connectivity index (χ4v) is 23.6. The minimum Gasteiger partial charge on any atom is -0.484 e. The standard InChI is InChI=1S/C114H79N3O2S2/c1-71-33-17-18-42-80(71)90-67-78(68-91-86-46-23-30-58-105(86)120-108(90)91)115(75-38-13-7-14-39-75)77-60-63-94-89(66-77)84-45-20-25-49-93(84)114(94)96-51-31-54-101(116(76-40-15-8-16-41-76)79-69-88(73-36-11-6-12-37-73)111-113(4,70-79)95-50-26-29-57-104(95)119-111)109(96)121-110-97(114)52-32-55-102(110)117(100-64-62-82(72-34-9-5-10-35-72)107-106(100)87-47-22-28-56-103(87)118-107)99-53-27-21-43-81(99)74-59-61-85-83-44-19-24-48-92(83)112(2,3)98(85)65-74/h5-32,34-70,111H,1,33H2,2-4H3. The van der Waals surface area contributed by atoms with Crippen molar-refractivity contribution in [1.29, 1.82) is 0 Å². The SMILES string of the molecule is C=C1CC=CC=C1c1cc(N(c2ccccc2)c2ccc3c(c2)-c2ccccc2C32c3cccc(N(C4=CC5(C)c6ccccc6OC5C(c5ccccc5)=C4)c4ccccc4)c3Sc3c(N(c4ccccc4-c4ccc5c(c4)C(C)(C)c4ccccc4-5)c4ccc(-c5ccccc5)c5oc6ccccc6c45)cccc32)cc2c1sc1ccccc12. The Labute approximate surface area is 712 Å². The van der Waals surface area contributed by atoms with Crippen molar-refractivity contribution in [2.24, 2.45) is 0 Å². The molecule has 7 heteroatoms. The molecule has 2 aliphatic heterocycles. The molecule has 0 amide bonds. The zero-order chi connectivity index (χ0) is 80.4. The van der Waals surface area contributed by atoms with Gasteiger partial charge in [0.1, 0.15) is 23.0 Å². The molecule has 3 atom stereocenters. The van der Waals surface area contributed by atoms with Crippen LogP contribution in [0.4, 0.5) is 45.5 Å². The molecule has 574 valence electrons. The lowest BCUT2D eigenvalue weighted by Gasteiger charge is -2.44. The summed E-state index contributed by atoms with van der Waals surface area (Å²) in [6, 6.07) is 136. The van der Waals surface area contributed by atoms with Gasteiger partial charge < -0.3 is 23.9 Å². The monoisotopic (exact) mass is 1590 g/mol. The number of ether oxygens (including phenoxy) is 1. The lowest BCUT2D eigenvalue weighted by Crippen LogP contribution is -2.39. The van der Waals surface area contributed by atoms with Gasteiger partial charge in [-0.1, -0.05) is 311 Å². The van der Waals surface area contributed by atoms with Crippen LogP contribution >= 0.6 is 23.1 Å². The molecule has 3 unspecified atom stereocenters. The molecule has 0 saturated carbocycles. The van der Waals surface area contributed by atoms with E-state index in [9.17, 15) is 0 Å². The number of nitrogens with zero attached hydrogens (tertiary/aromatic N) is 3. The van der Waals surface area contributed by atoms with Gasteiger partial charge >= 0.3 is 0 Å². The topological polar surface area (TPSA) is 32.1 Å². The van der Waals surface area contributed by atoms with E-state index in [0.29, 0.717) is 0 Å². The molecule has 0 radical (unpaired) electrons. The van der Waals surface area contributed by atoms with E-state index >= 15 is 0 Å². The number of hydrogen-bond donors (Lipinski definition) is 0. The molecular formula is C114H79N3O2S2. The summed E-state index contributed by atoms with van der Waals surface area (Å²) in [5, 5.41) is 4.53. The van der Waals surface area contributed by atoms with E-state index in [1.165, 1.54) is 86.9 Å². The minimum absolute atomic E-state index is 0.249. The average molecular weight is 1590 g/mol. The molecule has 4 heterocycles. The molecule has 6 aliphatic rings. The number of anilines is 8. The molecule has 24 rings (SSSR count). The second kappa shape index (κ2) is 27.4. The Hall–Kier alpha value is -14.2. The van der Waals surface area contributed by atoms with Crippen LogP contribution < -0.4 is 19.4 Å². The van der Waals surface area contributed by atoms with E-state index in [1.807, 2.05) is 23.1 Å². The molecule has 0 bridgehead atoms. The molecule has 16 aromatic carbocycles. The van der Waals surface area contributed by atoms with Crippen molar-refractivity contribution >= 4 is 122 Å². The van der Waals surface area contributed by atoms with E-state index in [4.69, 9.17) is 15.7 Å². The van der Waals surface area contributed by atoms with Crippen LogP contribution in [-0.2, 0) is 16.2 Å². The van der Waals surface area contributed by atoms with Crippen molar-refractivity contribution in [2.75, 3.05) is 14.7 Å². The van der Waals surface area contributed by atoms with Gasteiger partial charge in [0, 0.05) is 97.0 Å². The Morgan fingerprint density at radius 2 is 0.967 bits per heavy atom. The number of para-hydroxylation sites is 5. The van der Waals surface area contributed by atoms with Gasteiger partial charge in [0.2, 0.25) is 0 Å². The van der Waals surface area contributed by atoms with Crippen LogP contribution in [0.5, 0.6) is 5.75 Å². The van der Waals surface area contributed by atoms with Crippen molar-refractivity contribution in [3.63, 3.8) is 0 Å². The van der Waals surface area contributed by atoms with Gasteiger partial charge in [0.05, 0.1) is 39.0 Å². The van der Waals surface area contributed by atoms with E-state index < -0.39 is 10.8 Å². The summed E-state index contributed by atoms with van der Waals surface area (Å²) >= 11 is 3.76. The first-order valence-corrected chi connectivity index (χ1v) is 43.5. The predicted octanol–water partition coefficient (Wildman–Crippen LogP) is 31.1. The van der Waals surface area contributed by atoms with Crippen molar-refractivity contribution in [3.05, 3.63) is 462 Å². The summed E-state index contributed by atoms with van der Waals surface area (Å²) in [7, 11) is 0. The van der Waals surface area contributed by atoms with Crippen LogP contribution in [0.1, 0.15) is 77.3 Å². The minimum atomic E-state index is -0.947. The molecule has 1 spiro atoms. The molecule has 4 aliphatic carbocycles. The van der Waals surface area contributed by atoms with Crippen molar-refractivity contribution in [2.45, 2.75) is 59.3 Å². The van der Waals surface area contributed by atoms with Crippen LogP contribution in [0.3, 0.4) is 0 Å². The number of hydrogen-bond acceptors (Lipinski definition) is 7. The second-order valence-electron chi connectivity index (χ2n) is 33.5. The molecule has 0 saturated heterocycles. The molecule has 5 nitrogen and oxygen atoms in total. The largest absolute Gasteiger partial charge is 0.484 e. The smallest absolute Gasteiger partial charge is 0.145 e. The predicted molar refractivity (Wildman–Crippen MR) is 506 cm³/mol. The number of benzene rings is 16. The molecule has 0 fully saturated rings. The van der Waals surface area contributed by atoms with Gasteiger partial charge in [0.15, 0.2) is 0 Å². The highest BCUT2D eigenvalue weighted by Crippen LogP contribution is 2.68. The maximum Gasteiger partial charge on any atom is 0.145 e. The lowest BCUT2D eigenvalue weighted by atomic mass is 9.67. The summed E-state index contributed by atoms with van der Waals surface area (Å²) < 4.78 is 17.1. The van der Waals surface area contributed by atoms with Gasteiger partial charge in [0.25, 0.3) is 0 Å². The van der Waals surface area contributed by atoms with Crippen molar-refractivity contribution in [1.82, 2.24) is 0 Å². The van der Waals surface area contributed by atoms with Crippen molar-refractivity contribution < 1.29 is 9.15 Å². The summed E-state index contributed by atoms with van der Waals surface area (Å²) in [5.74, 6) is 0.906. The van der Waals surface area contributed by atoms with Crippen LogP contribution in [0.2, 0.25) is 0 Å². The quantitative estimate of drug-likeness (QED) is 0.114. The Morgan fingerprint density at radius 3 is 1.72 bits per heavy atom. The third-order valence-electron chi connectivity index (χ3n) is 26.5. The maximum absolute atomic E-state index is 7.35. The molecule has 2 aromatic heterocycles. The molecule has 18 aromatic rings. The molecule has 121 heavy (non-hydrogen) atoms. The van der Waals surface area contributed by atoms with Gasteiger partial charge in [-0.05, 0) is 212 Å². The number of rotatable bonds is 13. The van der Waals surface area contributed by atoms with Gasteiger partial charge in [-0.25, -0.2) is 0 Å². The van der Waals surface area contributed by atoms with Crippen LogP contribution in [0, 0.1) is 0 Å². The third-order valence-corrected chi connectivity index (χ3v) is 29.0. The first kappa shape index (κ1) is 70.9. The molecule has 0 N–H and O–H groups in total. The second-order valence-corrected chi connectivity index (χ2v) is 35.5. The molecular weight excluding hydrogens is 1510 g/mol. The maximum atomic E-state index is 7.35. The zero-order valence-corrected chi connectivity index (χ0v) is 68.6. The Morgan fingerprint density at radius 1 is 0.388 bits per heavy atom. The Kier molecular flexibility index (Phi) is 16.1. The van der Waals surface area contributed by atoms with Crippen LogP contribution in [0.25, 0.3) is 97.8 Å². The lowest BCUT2D eigenvalue weighted by molar-refractivity contribution is 0.237. The highest BCUT2D eigenvalue weighted by atomic mass is 32.2. The summed E-state index contributed by atoms with van der Waals surface area (Å²) in [5.41, 5.74) is 32.8. The van der Waals surface area contributed by atoms with Crippen LogP contribution in [-0.4, -0.2) is 6.10 Å². The van der Waals surface area contributed by atoms with Gasteiger partial charge in [-0.2, -0.15) is 0 Å². The Balaban J connectivity index is 0.798. The first-order chi connectivity index (χ1) is 59.6. The first-order valence-electron chi connectivity index (χ1n) is 41.9. The summed E-state index contributed by atoms with van der Waals surface area (Å²) in [4.78, 5) is 9.93. The summed E-state index contributed by atoms with van der Waals surface area (Å²) in [6.45, 7) is 11.9. The Bertz CT molecular complexity index is 7530. The summed E-state index contributed by atoms with van der Waals surface area (Å²) in [6.07, 6.45) is 12.1. The fraction of sp³-hybridized carbons (Fsp3) is 0.0702. The third kappa shape index (κ3) is 10.7. The van der Waals surface area contributed by atoms with E-state index in [0.717, 1.165) is 140 Å². The van der Waals surface area contributed by atoms with Gasteiger partial charge in [-0.15, -0.1) is 11.3 Å². The zero-order valence-electron chi connectivity index (χ0n) is 67.0. The van der Waals surface area contributed by atoms with E-state index in [2.05, 4.69) is 430 Å². The highest BCUT2D eigenvalue weighted by molar-refractivity contribution is 7.99. The number of allylic oxidation sites excluding steroid dienone is 6. The fourth-order valence-electron chi connectivity index (χ4n) is 21.0. The van der Waals surface area contributed by atoms with Gasteiger partial charge in [-0.3, -0.25) is 0 Å². The van der Waals surface area contributed by atoms with Crippen molar-refractivity contribution in [3.8, 4) is 50.3 Å². The number of thiophene rings is 1. The highest BCUT2D eigenvalue weighted by Gasteiger charge is 2.54. The van der Waals surface area contributed by atoms with E-state index in [-0.39, 0.29) is 11.5 Å².